The lowest BCUT2D eigenvalue weighted by Crippen LogP contribution is -2.21. The second-order valence-corrected chi connectivity index (χ2v) is 6.17. The molecule has 0 rings (SSSR count). The lowest BCUT2D eigenvalue weighted by Gasteiger charge is -2.14. The summed E-state index contributed by atoms with van der Waals surface area (Å²) in [6.45, 7) is 4.74. The first kappa shape index (κ1) is 26.1. The third-order valence-corrected chi connectivity index (χ3v) is 1.84. The minimum atomic E-state index is -4.64. The molecule has 0 saturated carbocycles. The van der Waals surface area contributed by atoms with Gasteiger partial charge in [-0.05, 0) is 26.4 Å². The highest BCUT2D eigenvalue weighted by atomic mass is 31.2. The molecule has 0 aromatic heterocycles. The molecule has 10 nitrogen and oxygen atoms in total. The van der Waals surface area contributed by atoms with E-state index in [1.165, 1.54) is 25.8 Å². The van der Waals surface area contributed by atoms with Gasteiger partial charge in [0.15, 0.2) is 0 Å². The van der Waals surface area contributed by atoms with Crippen molar-refractivity contribution in [2.75, 3.05) is 26.7 Å². The number of hydrogen-bond acceptors (Lipinski definition) is 4. The molecule has 0 amide bonds. The summed E-state index contributed by atoms with van der Waals surface area (Å²) in [6, 6.07) is 0. The van der Waals surface area contributed by atoms with Crippen LogP contribution in [-0.4, -0.2) is 66.1 Å². The maximum absolute atomic E-state index is 8.88. The van der Waals surface area contributed by atoms with Crippen LogP contribution in [0.5, 0.6) is 0 Å². The molecule has 0 aromatic carbocycles. The standard InChI is InChI=1S/C9H21NO.2H3O4P/c1-3-4-5-7-10(2)8-6-9-11;2*1-5(2,3)4/h11H,3-9H2,1-2H3;2*(H3,1,2,3,4). The number of aliphatic hydroxyl groups excluding tert-OH is 1. The molecule has 0 aromatic rings. The number of unbranched alkanes of at least 4 members (excludes halogenated alkanes) is 2. The Kier molecular flexibility index (Phi) is 18.7. The topological polar surface area (TPSA) is 179 Å². The maximum Gasteiger partial charge on any atom is 0.466 e. The van der Waals surface area contributed by atoms with Gasteiger partial charge in [0.25, 0.3) is 0 Å². The number of nitrogens with zero attached hydrogens (tertiary/aromatic N) is 1. The molecule has 0 aliphatic heterocycles. The predicted octanol–water partition coefficient (Wildman–Crippen LogP) is -0.366. The Bertz CT molecular complexity index is 267. The summed E-state index contributed by atoms with van der Waals surface area (Å²) < 4.78 is 17.8. The van der Waals surface area contributed by atoms with Crippen molar-refractivity contribution in [2.24, 2.45) is 0 Å². The van der Waals surface area contributed by atoms with Crippen molar-refractivity contribution in [1.29, 1.82) is 0 Å². The molecule has 0 radical (unpaired) electrons. The summed E-state index contributed by atoms with van der Waals surface area (Å²) in [7, 11) is -7.16. The highest BCUT2D eigenvalue weighted by molar-refractivity contribution is 7.45. The summed E-state index contributed by atoms with van der Waals surface area (Å²) in [5, 5.41) is 8.56. The molecule has 0 aliphatic rings. The largest absolute Gasteiger partial charge is 0.466 e. The van der Waals surface area contributed by atoms with E-state index in [4.69, 9.17) is 43.6 Å². The summed E-state index contributed by atoms with van der Waals surface area (Å²) in [5.74, 6) is 0. The molecule has 0 atom stereocenters. The average molecular weight is 355 g/mol. The van der Waals surface area contributed by atoms with Gasteiger partial charge < -0.3 is 39.4 Å². The van der Waals surface area contributed by atoms with E-state index in [2.05, 4.69) is 18.9 Å². The van der Waals surface area contributed by atoms with Gasteiger partial charge in [0.2, 0.25) is 0 Å². The van der Waals surface area contributed by atoms with Crippen LogP contribution in [0.25, 0.3) is 0 Å². The Labute approximate surface area is 124 Å². The Morgan fingerprint density at radius 3 is 1.43 bits per heavy atom. The first-order valence-electron chi connectivity index (χ1n) is 6.17. The van der Waals surface area contributed by atoms with Gasteiger partial charge in [-0.2, -0.15) is 0 Å². The number of phosphoric acid groups is 2. The molecule has 0 bridgehead atoms. The van der Waals surface area contributed by atoms with E-state index in [9.17, 15) is 0 Å². The molecular formula is C9H27NO9P2. The minimum Gasteiger partial charge on any atom is -0.396 e. The zero-order chi connectivity index (χ0) is 17.5. The van der Waals surface area contributed by atoms with Crippen LogP contribution in [0.1, 0.15) is 32.6 Å². The van der Waals surface area contributed by atoms with Crippen molar-refractivity contribution in [3.63, 3.8) is 0 Å². The van der Waals surface area contributed by atoms with Gasteiger partial charge in [-0.15, -0.1) is 0 Å². The Hall–Kier alpha value is 0.140. The van der Waals surface area contributed by atoms with E-state index >= 15 is 0 Å². The normalized spacial score (nSPS) is 11.3. The molecule has 12 heteroatoms. The fourth-order valence-corrected chi connectivity index (χ4v) is 1.08. The molecule has 0 fully saturated rings. The first-order chi connectivity index (χ1) is 9.31. The molecule has 21 heavy (non-hydrogen) atoms. The smallest absolute Gasteiger partial charge is 0.396 e. The van der Waals surface area contributed by atoms with E-state index < -0.39 is 15.6 Å². The molecule has 0 spiro atoms. The average Bonchev–Trinajstić information content (AvgIpc) is 2.22. The third-order valence-electron chi connectivity index (χ3n) is 1.84. The van der Waals surface area contributed by atoms with Crippen LogP contribution in [-0.2, 0) is 9.13 Å². The highest BCUT2D eigenvalue weighted by Crippen LogP contribution is 2.26. The van der Waals surface area contributed by atoms with Gasteiger partial charge in [0.1, 0.15) is 0 Å². The maximum atomic E-state index is 8.88. The Morgan fingerprint density at radius 2 is 1.14 bits per heavy atom. The fraction of sp³-hybridized carbons (Fsp3) is 1.00. The monoisotopic (exact) mass is 355 g/mol. The van der Waals surface area contributed by atoms with Crippen molar-refractivity contribution in [1.82, 2.24) is 4.90 Å². The van der Waals surface area contributed by atoms with Crippen molar-refractivity contribution in [3.8, 4) is 0 Å². The van der Waals surface area contributed by atoms with Gasteiger partial charge in [-0.1, -0.05) is 19.8 Å². The first-order valence-corrected chi connectivity index (χ1v) is 9.30. The van der Waals surface area contributed by atoms with Gasteiger partial charge in [0.05, 0.1) is 0 Å². The molecule has 0 heterocycles. The molecular weight excluding hydrogens is 328 g/mol. The van der Waals surface area contributed by atoms with Gasteiger partial charge in [0, 0.05) is 13.2 Å². The van der Waals surface area contributed by atoms with Crippen LogP contribution in [0, 0.1) is 0 Å². The van der Waals surface area contributed by atoms with Crippen LogP contribution in [0.15, 0.2) is 0 Å². The quantitative estimate of drug-likeness (QED) is 0.235. The van der Waals surface area contributed by atoms with Gasteiger partial charge >= 0.3 is 15.6 Å². The number of aliphatic hydroxyl groups is 1. The van der Waals surface area contributed by atoms with Crippen LogP contribution in [0.2, 0.25) is 0 Å². The van der Waals surface area contributed by atoms with Crippen LogP contribution >= 0.6 is 15.6 Å². The van der Waals surface area contributed by atoms with Crippen molar-refractivity contribution in [2.45, 2.75) is 32.6 Å². The lowest BCUT2D eigenvalue weighted by molar-refractivity contribution is 0.245. The number of hydrogen-bond donors (Lipinski definition) is 7. The molecule has 0 saturated heterocycles. The van der Waals surface area contributed by atoms with E-state index in [1.807, 2.05) is 0 Å². The van der Waals surface area contributed by atoms with Gasteiger partial charge in [-0.3, -0.25) is 0 Å². The van der Waals surface area contributed by atoms with E-state index in [1.54, 1.807) is 0 Å². The van der Waals surface area contributed by atoms with E-state index in [0.717, 1.165) is 13.0 Å². The zero-order valence-corrected chi connectivity index (χ0v) is 14.0. The fourth-order valence-electron chi connectivity index (χ4n) is 1.08. The molecule has 7 N–H and O–H groups in total. The lowest BCUT2D eigenvalue weighted by atomic mass is 10.2. The van der Waals surface area contributed by atoms with Crippen LogP contribution < -0.4 is 0 Å². The van der Waals surface area contributed by atoms with E-state index in [0.29, 0.717) is 6.61 Å². The SMILES string of the molecule is CCCCCN(C)CCCO.O=P(O)(O)O.O=P(O)(O)O. The Morgan fingerprint density at radius 1 is 0.810 bits per heavy atom. The molecule has 0 aliphatic carbocycles. The second-order valence-electron chi connectivity index (χ2n) is 4.11. The van der Waals surface area contributed by atoms with Crippen molar-refractivity contribution >= 4 is 15.6 Å². The van der Waals surface area contributed by atoms with E-state index in [-0.39, 0.29) is 0 Å². The third kappa shape index (κ3) is 79.3. The van der Waals surface area contributed by atoms with Crippen molar-refractivity contribution < 1.29 is 43.6 Å². The minimum absolute atomic E-state index is 0.318. The summed E-state index contributed by atoms with van der Waals surface area (Å²) in [4.78, 5) is 45.4. The number of rotatable bonds is 7. The van der Waals surface area contributed by atoms with Crippen LogP contribution in [0.3, 0.4) is 0 Å². The molecule has 132 valence electrons. The molecule has 0 unspecified atom stereocenters. The van der Waals surface area contributed by atoms with Gasteiger partial charge in [-0.25, -0.2) is 9.13 Å². The highest BCUT2D eigenvalue weighted by Gasteiger charge is 2.00. The summed E-state index contributed by atoms with van der Waals surface area (Å²) >= 11 is 0. The zero-order valence-electron chi connectivity index (χ0n) is 12.2. The Balaban J connectivity index is -0.000000270. The van der Waals surface area contributed by atoms with Crippen molar-refractivity contribution in [3.05, 3.63) is 0 Å². The summed E-state index contributed by atoms with van der Waals surface area (Å²) in [6.07, 6.45) is 4.80. The predicted molar refractivity (Wildman–Crippen MR) is 77.3 cm³/mol. The second kappa shape index (κ2) is 15.1. The van der Waals surface area contributed by atoms with Crippen LogP contribution in [0.4, 0.5) is 0 Å². The summed E-state index contributed by atoms with van der Waals surface area (Å²) in [5.41, 5.74) is 0.